The lowest BCUT2D eigenvalue weighted by Gasteiger charge is -2.53. The fourth-order valence-corrected chi connectivity index (χ4v) is 2.80. The first kappa shape index (κ1) is 14.2. The van der Waals surface area contributed by atoms with Crippen LogP contribution in [-0.2, 0) is 4.74 Å². The molecule has 0 atom stereocenters. The molecule has 1 aromatic carbocycles. The standard InChI is InChI=1S/C15H24N2O2/c1-4-19-14-9-15(10-14,11-16)17(2)12-5-7-13(18-3)8-6-12/h5-8,14H,4,9-11,16H2,1-3H3. The quantitative estimate of drug-likeness (QED) is 0.854. The van der Waals surface area contributed by atoms with Crippen molar-refractivity contribution in [3.63, 3.8) is 0 Å². The maximum Gasteiger partial charge on any atom is 0.119 e. The van der Waals surface area contributed by atoms with Gasteiger partial charge >= 0.3 is 0 Å². The van der Waals surface area contributed by atoms with E-state index in [2.05, 4.69) is 24.1 Å². The number of ether oxygens (including phenoxy) is 2. The number of anilines is 1. The van der Waals surface area contributed by atoms with Crippen LogP contribution in [0.5, 0.6) is 5.75 Å². The van der Waals surface area contributed by atoms with Gasteiger partial charge in [0.2, 0.25) is 0 Å². The summed E-state index contributed by atoms with van der Waals surface area (Å²) in [6.45, 7) is 3.46. The molecule has 0 aromatic heterocycles. The Hall–Kier alpha value is -1.26. The van der Waals surface area contributed by atoms with Crippen molar-refractivity contribution in [3.05, 3.63) is 24.3 Å². The Morgan fingerprint density at radius 1 is 1.32 bits per heavy atom. The highest BCUT2D eigenvalue weighted by Crippen LogP contribution is 2.40. The largest absolute Gasteiger partial charge is 0.497 e. The Balaban J connectivity index is 2.06. The molecule has 19 heavy (non-hydrogen) atoms. The van der Waals surface area contributed by atoms with Gasteiger partial charge in [0.15, 0.2) is 0 Å². The zero-order chi connectivity index (χ0) is 13.9. The summed E-state index contributed by atoms with van der Waals surface area (Å²) >= 11 is 0. The summed E-state index contributed by atoms with van der Waals surface area (Å²) in [5.41, 5.74) is 7.20. The third kappa shape index (κ3) is 2.69. The summed E-state index contributed by atoms with van der Waals surface area (Å²) in [6, 6.07) is 8.11. The molecule has 1 aliphatic carbocycles. The molecule has 0 saturated heterocycles. The van der Waals surface area contributed by atoms with Gasteiger partial charge in [-0.3, -0.25) is 0 Å². The zero-order valence-corrected chi connectivity index (χ0v) is 12.1. The molecule has 0 aliphatic heterocycles. The molecular weight excluding hydrogens is 240 g/mol. The smallest absolute Gasteiger partial charge is 0.119 e. The van der Waals surface area contributed by atoms with Crippen LogP contribution in [0.25, 0.3) is 0 Å². The van der Waals surface area contributed by atoms with E-state index >= 15 is 0 Å². The zero-order valence-electron chi connectivity index (χ0n) is 12.1. The highest BCUT2D eigenvalue weighted by atomic mass is 16.5. The molecule has 0 bridgehead atoms. The molecule has 0 unspecified atom stereocenters. The Morgan fingerprint density at radius 2 is 1.95 bits per heavy atom. The van der Waals surface area contributed by atoms with Gasteiger partial charge in [0.05, 0.1) is 18.8 Å². The van der Waals surface area contributed by atoms with E-state index < -0.39 is 0 Å². The van der Waals surface area contributed by atoms with Crippen molar-refractivity contribution in [1.82, 2.24) is 0 Å². The van der Waals surface area contributed by atoms with Gasteiger partial charge in [0.25, 0.3) is 0 Å². The third-order valence-corrected chi connectivity index (χ3v) is 4.17. The van der Waals surface area contributed by atoms with E-state index in [1.807, 2.05) is 19.1 Å². The predicted molar refractivity (Wildman–Crippen MR) is 77.8 cm³/mol. The average molecular weight is 264 g/mol. The molecule has 0 spiro atoms. The molecule has 4 nitrogen and oxygen atoms in total. The number of hydrogen-bond donors (Lipinski definition) is 1. The maximum atomic E-state index is 6.00. The average Bonchev–Trinajstić information content (AvgIpc) is 2.42. The van der Waals surface area contributed by atoms with Crippen molar-refractivity contribution in [1.29, 1.82) is 0 Å². The second-order valence-corrected chi connectivity index (χ2v) is 5.17. The molecule has 4 heteroatoms. The van der Waals surface area contributed by atoms with Crippen LogP contribution in [0.4, 0.5) is 5.69 Å². The lowest BCUT2D eigenvalue weighted by Crippen LogP contribution is -2.63. The van der Waals surface area contributed by atoms with Crippen LogP contribution < -0.4 is 15.4 Å². The van der Waals surface area contributed by atoms with E-state index in [1.54, 1.807) is 7.11 Å². The van der Waals surface area contributed by atoms with Crippen molar-refractivity contribution in [3.8, 4) is 5.75 Å². The number of methoxy groups -OCH3 is 1. The second kappa shape index (κ2) is 5.80. The van der Waals surface area contributed by atoms with E-state index in [-0.39, 0.29) is 5.54 Å². The molecule has 2 N–H and O–H groups in total. The lowest BCUT2D eigenvalue weighted by atomic mass is 9.72. The molecular formula is C15H24N2O2. The molecule has 1 fully saturated rings. The minimum atomic E-state index is 0.0361. The molecule has 2 rings (SSSR count). The summed E-state index contributed by atoms with van der Waals surface area (Å²) < 4.78 is 10.8. The molecule has 0 heterocycles. The van der Waals surface area contributed by atoms with Crippen molar-refractivity contribution < 1.29 is 9.47 Å². The molecule has 106 valence electrons. The minimum absolute atomic E-state index is 0.0361. The first-order chi connectivity index (χ1) is 9.15. The maximum absolute atomic E-state index is 6.00. The van der Waals surface area contributed by atoms with Crippen LogP contribution in [0.2, 0.25) is 0 Å². The van der Waals surface area contributed by atoms with Gasteiger partial charge < -0.3 is 20.1 Å². The van der Waals surface area contributed by atoms with E-state index in [4.69, 9.17) is 15.2 Å². The van der Waals surface area contributed by atoms with Gasteiger partial charge in [-0.15, -0.1) is 0 Å². The first-order valence-corrected chi connectivity index (χ1v) is 6.85. The second-order valence-electron chi connectivity index (χ2n) is 5.17. The van der Waals surface area contributed by atoms with Crippen molar-refractivity contribution in [2.75, 3.05) is 32.2 Å². The van der Waals surface area contributed by atoms with Crippen LogP contribution in [0.3, 0.4) is 0 Å². The molecule has 0 amide bonds. The number of benzene rings is 1. The summed E-state index contributed by atoms with van der Waals surface area (Å²) in [5.74, 6) is 0.875. The fraction of sp³-hybridized carbons (Fsp3) is 0.600. The number of nitrogens with two attached hydrogens (primary N) is 1. The van der Waals surface area contributed by atoms with Gasteiger partial charge in [-0.1, -0.05) is 0 Å². The number of likely N-dealkylation sites (N-methyl/N-ethyl adjacent to an activating group) is 1. The van der Waals surface area contributed by atoms with Gasteiger partial charge in [-0.2, -0.15) is 0 Å². The SMILES string of the molecule is CCOC1CC(CN)(N(C)c2ccc(OC)cc2)C1. The van der Waals surface area contributed by atoms with Gasteiger partial charge in [0.1, 0.15) is 5.75 Å². The predicted octanol–water partition coefficient (Wildman–Crippen LogP) is 2.03. The third-order valence-electron chi connectivity index (χ3n) is 4.17. The first-order valence-electron chi connectivity index (χ1n) is 6.85. The molecule has 1 aromatic rings. The van der Waals surface area contributed by atoms with E-state index in [9.17, 15) is 0 Å². The molecule has 1 saturated carbocycles. The van der Waals surface area contributed by atoms with Gasteiger partial charge in [-0.25, -0.2) is 0 Å². The van der Waals surface area contributed by atoms with Crippen LogP contribution in [0.15, 0.2) is 24.3 Å². The van der Waals surface area contributed by atoms with E-state index in [1.165, 1.54) is 5.69 Å². The summed E-state index contributed by atoms with van der Waals surface area (Å²) in [4.78, 5) is 2.28. The summed E-state index contributed by atoms with van der Waals surface area (Å²) in [6.07, 6.45) is 2.36. The molecule has 0 radical (unpaired) electrons. The minimum Gasteiger partial charge on any atom is -0.497 e. The van der Waals surface area contributed by atoms with Crippen molar-refractivity contribution in [2.45, 2.75) is 31.4 Å². The summed E-state index contributed by atoms with van der Waals surface area (Å²) in [5, 5.41) is 0. The Morgan fingerprint density at radius 3 is 2.42 bits per heavy atom. The van der Waals surface area contributed by atoms with Crippen LogP contribution in [-0.4, -0.2) is 39.0 Å². The van der Waals surface area contributed by atoms with Crippen molar-refractivity contribution in [2.24, 2.45) is 5.73 Å². The fourth-order valence-electron chi connectivity index (χ4n) is 2.80. The van der Waals surface area contributed by atoms with Crippen LogP contribution >= 0.6 is 0 Å². The lowest BCUT2D eigenvalue weighted by molar-refractivity contribution is -0.0355. The molecule has 1 aliphatic rings. The van der Waals surface area contributed by atoms with Gasteiger partial charge in [-0.05, 0) is 44.0 Å². The van der Waals surface area contributed by atoms with Crippen LogP contribution in [0, 0.1) is 0 Å². The number of rotatable bonds is 6. The van der Waals surface area contributed by atoms with Gasteiger partial charge in [0, 0.05) is 25.9 Å². The number of hydrogen-bond acceptors (Lipinski definition) is 4. The topological polar surface area (TPSA) is 47.7 Å². The Labute approximate surface area is 115 Å². The van der Waals surface area contributed by atoms with E-state index in [0.717, 1.165) is 25.2 Å². The normalized spacial score (nSPS) is 25.8. The van der Waals surface area contributed by atoms with Crippen molar-refractivity contribution >= 4 is 5.69 Å². The highest BCUT2D eigenvalue weighted by Gasteiger charge is 2.47. The monoisotopic (exact) mass is 264 g/mol. The van der Waals surface area contributed by atoms with Crippen LogP contribution in [0.1, 0.15) is 19.8 Å². The Kier molecular flexibility index (Phi) is 4.32. The summed E-state index contributed by atoms with van der Waals surface area (Å²) in [7, 11) is 3.79. The Bertz CT molecular complexity index is 399. The number of nitrogens with zero attached hydrogens (tertiary/aromatic N) is 1. The highest BCUT2D eigenvalue weighted by molar-refractivity contribution is 5.51. The van der Waals surface area contributed by atoms with E-state index in [0.29, 0.717) is 12.6 Å².